The zero-order valence-electron chi connectivity index (χ0n) is 11.2. The van der Waals surface area contributed by atoms with Crippen molar-refractivity contribution in [2.75, 3.05) is 11.9 Å². The van der Waals surface area contributed by atoms with Gasteiger partial charge < -0.3 is 14.8 Å². The van der Waals surface area contributed by atoms with E-state index in [4.69, 9.17) is 4.74 Å². The Hall–Kier alpha value is -2.18. The fourth-order valence-corrected chi connectivity index (χ4v) is 1.82. The number of nitrogens with one attached hydrogen (secondary N) is 1. The number of benzene rings is 1. The molecule has 1 aliphatic rings. The van der Waals surface area contributed by atoms with Gasteiger partial charge in [0.05, 0.1) is 5.92 Å². The molecule has 1 amide bonds. The maximum Gasteiger partial charge on any atom is 0.387 e. The summed E-state index contributed by atoms with van der Waals surface area (Å²) in [6.45, 7) is -3.25. The second-order valence-corrected chi connectivity index (χ2v) is 4.69. The van der Waals surface area contributed by atoms with E-state index in [1.54, 1.807) is 0 Å². The van der Waals surface area contributed by atoms with Gasteiger partial charge in [0.2, 0.25) is 0 Å². The first-order valence-electron chi connectivity index (χ1n) is 6.56. The van der Waals surface area contributed by atoms with E-state index >= 15 is 0 Å². The Bertz CT molecular complexity index is 500. The van der Waals surface area contributed by atoms with Gasteiger partial charge in [0.1, 0.15) is 5.75 Å². The third kappa shape index (κ3) is 4.70. The van der Waals surface area contributed by atoms with Crippen molar-refractivity contribution < 1.29 is 27.8 Å². The Kier molecular flexibility index (Phi) is 5.08. The number of ether oxygens (including phenoxy) is 2. The number of alkyl halides is 2. The Balaban J connectivity index is 1.75. The summed E-state index contributed by atoms with van der Waals surface area (Å²) in [5, 5.41) is 2.49. The molecule has 1 fully saturated rings. The first-order valence-corrected chi connectivity index (χ1v) is 6.56. The summed E-state index contributed by atoms with van der Waals surface area (Å²) in [6, 6.07) is 5.46. The van der Waals surface area contributed by atoms with Crippen LogP contribution in [-0.4, -0.2) is 25.1 Å². The fourth-order valence-electron chi connectivity index (χ4n) is 1.82. The third-order valence-corrected chi connectivity index (χ3v) is 3.15. The van der Waals surface area contributed by atoms with Gasteiger partial charge in [0.25, 0.3) is 5.91 Å². The topological polar surface area (TPSA) is 64.6 Å². The van der Waals surface area contributed by atoms with E-state index in [1.807, 2.05) is 0 Å². The average Bonchev–Trinajstić information content (AvgIpc) is 2.36. The summed E-state index contributed by atoms with van der Waals surface area (Å²) >= 11 is 0. The number of anilines is 1. The molecule has 1 N–H and O–H groups in total. The quantitative estimate of drug-likeness (QED) is 0.820. The van der Waals surface area contributed by atoms with Crippen LogP contribution in [0.3, 0.4) is 0 Å². The second-order valence-electron chi connectivity index (χ2n) is 4.69. The van der Waals surface area contributed by atoms with Crippen LogP contribution in [0, 0.1) is 5.92 Å². The maximum atomic E-state index is 12.0. The van der Waals surface area contributed by atoms with Crippen molar-refractivity contribution in [3.8, 4) is 5.75 Å². The van der Waals surface area contributed by atoms with Gasteiger partial charge in [-0.2, -0.15) is 8.78 Å². The minimum absolute atomic E-state index is 0.000546. The SMILES string of the molecule is O=C(COC(=O)C1CCC1)Nc1ccc(OC(F)F)cc1. The first-order chi connectivity index (χ1) is 10.0. The van der Waals surface area contributed by atoms with Gasteiger partial charge >= 0.3 is 12.6 Å². The Morgan fingerprint density at radius 3 is 2.43 bits per heavy atom. The normalized spacial score (nSPS) is 14.4. The predicted octanol–water partition coefficient (Wildman–Crippen LogP) is 2.57. The van der Waals surface area contributed by atoms with Gasteiger partial charge in [-0.25, -0.2) is 0 Å². The van der Waals surface area contributed by atoms with Crippen molar-refractivity contribution in [1.82, 2.24) is 0 Å². The lowest BCUT2D eigenvalue weighted by Gasteiger charge is -2.22. The summed E-state index contributed by atoms with van der Waals surface area (Å²) in [6.07, 6.45) is 2.64. The summed E-state index contributed by atoms with van der Waals surface area (Å²) in [5.74, 6) is -0.912. The molecular weight excluding hydrogens is 284 g/mol. The number of esters is 1. The molecule has 5 nitrogen and oxygen atoms in total. The van der Waals surface area contributed by atoms with E-state index in [2.05, 4.69) is 10.1 Å². The zero-order valence-corrected chi connectivity index (χ0v) is 11.2. The molecule has 0 radical (unpaired) electrons. The number of hydrogen-bond acceptors (Lipinski definition) is 4. The average molecular weight is 299 g/mol. The molecule has 1 aliphatic carbocycles. The molecule has 0 spiro atoms. The minimum atomic E-state index is -2.89. The van der Waals surface area contributed by atoms with Crippen molar-refractivity contribution in [1.29, 1.82) is 0 Å². The molecule has 7 heteroatoms. The van der Waals surface area contributed by atoms with Crippen LogP contribution in [0.4, 0.5) is 14.5 Å². The van der Waals surface area contributed by atoms with E-state index in [9.17, 15) is 18.4 Å². The molecule has 0 aliphatic heterocycles. The van der Waals surface area contributed by atoms with Crippen LogP contribution < -0.4 is 10.1 Å². The highest BCUT2D eigenvalue weighted by Gasteiger charge is 2.27. The van der Waals surface area contributed by atoms with E-state index in [1.165, 1.54) is 24.3 Å². The predicted molar refractivity (Wildman–Crippen MR) is 70.0 cm³/mol. The highest BCUT2D eigenvalue weighted by molar-refractivity contribution is 5.93. The van der Waals surface area contributed by atoms with Crippen LogP contribution in [0.1, 0.15) is 19.3 Å². The lowest BCUT2D eigenvalue weighted by atomic mass is 9.86. The lowest BCUT2D eigenvalue weighted by molar-refractivity contribution is -0.154. The molecule has 1 saturated carbocycles. The van der Waals surface area contributed by atoms with E-state index in [0.29, 0.717) is 5.69 Å². The molecule has 0 saturated heterocycles. The van der Waals surface area contributed by atoms with Gasteiger partial charge in [0, 0.05) is 5.69 Å². The van der Waals surface area contributed by atoms with E-state index < -0.39 is 12.5 Å². The molecule has 0 aromatic heterocycles. The molecule has 0 bridgehead atoms. The molecule has 0 unspecified atom stereocenters. The molecule has 0 atom stereocenters. The van der Waals surface area contributed by atoms with E-state index in [-0.39, 0.29) is 24.2 Å². The summed E-state index contributed by atoms with van der Waals surface area (Å²) in [7, 11) is 0. The molecule has 0 heterocycles. The van der Waals surface area contributed by atoms with Gasteiger partial charge in [-0.3, -0.25) is 9.59 Å². The van der Waals surface area contributed by atoms with Crippen LogP contribution in [-0.2, 0) is 14.3 Å². The first kappa shape index (κ1) is 15.2. The van der Waals surface area contributed by atoms with Crippen molar-refractivity contribution in [2.24, 2.45) is 5.92 Å². The van der Waals surface area contributed by atoms with Crippen molar-refractivity contribution >= 4 is 17.6 Å². The molecule has 1 aromatic carbocycles. The standard InChI is InChI=1S/C14H15F2NO4/c15-14(16)21-11-6-4-10(5-7-11)17-12(18)8-20-13(19)9-2-1-3-9/h4-7,9,14H,1-3,8H2,(H,17,18). The van der Waals surface area contributed by atoms with Gasteiger partial charge in [0.15, 0.2) is 6.61 Å². The number of carbonyl (C=O) groups is 2. The van der Waals surface area contributed by atoms with E-state index in [0.717, 1.165) is 19.3 Å². The number of amides is 1. The van der Waals surface area contributed by atoms with Gasteiger partial charge in [-0.1, -0.05) is 6.42 Å². The van der Waals surface area contributed by atoms with Crippen molar-refractivity contribution in [3.05, 3.63) is 24.3 Å². The highest BCUT2D eigenvalue weighted by atomic mass is 19.3. The fraction of sp³-hybridized carbons (Fsp3) is 0.429. The molecule has 1 aromatic rings. The van der Waals surface area contributed by atoms with Gasteiger partial charge in [-0.05, 0) is 37.1 Å². The number of carbonyl (C=O) groups excluding carboxylic acids is 2. The van der Waals surface area contributed by atoms with Crippen molar-refractivity contribution in [2.45, 2.75) is 25.9 Å². The second kappa shape index (κ2) is 7.01. The summed E-state index contributed by atoms with van der Waals surface area (Å²) < 4.78 is 33.0. The van der Waals surface area contributed by atoms with Crippen LogP contribution in [0.25, 0.3) is 0 Å². The third-order valence-electron chi connectivity index (χ3n) is 3.15. The molecule has 2 rings (SSSR count). The highest BCUT2D eigenvalue weighted by Crippen LogP contribution is 2.27. The van der Waals surface area contributed by atoms with Crippen LogP contribution >= 0.6 is 0 Å². The van der Waals surface area contributed by atoms with Crippen molar-refractivity contribution in [3.63, 3.8) is 0 Å². The summed E-state index contributed by atoms with van der Waals surface area (Å²) in [4.78, 5) is 23.0. The number of rotatable bonds is 6. The Morgan fingerprint density at radius 1 is 1.24 bits per heavy atom. The number of halogens is 2. The van der Waals surface area contributed by atoms with Crippen LogP contribution in [0.2, 0.25) is 0 Å². The largest absolute Gasteiger partial charge is 0.455 e. The lowest BCUT2D eigenvalue weighted by Crippen LogP contribution is -2.28. The maximum absolute atomic E-state index is 12.0. The summed E-state index contributed by atoms with van der Waals surface area (Å²) in [5.41, 5.74) is 0.404. The smallest absolute Gasteiger partial charge is 0.387 e. The molecule has 21 heavy (non-hydrogen) atoms. The molecule has 114 valence electrons. The minimum Gasteiger partial charge on any atom is -0.455 e. The Morgan fingerprint density at radius 2 is 1.90 bits per heavy atom. The monoisotopic (exact) mass is 299 g/mol. The van der Waals surface area contributed by atoms with Gasteiger partial charge in [-0.15, -0.1) is 0 Å². The number of hydrogen-bond donors (Lipinski definition) is 1. The Labute approximate surface area is 120 Å². The van der Waals surface area contributed by atoms with Crippen LogP contribution in [0.15, 0.2) is 24.3 Å². The molecular formula is C14H15F2NO4. The van der Waals surface area contributed by atoms with Crippen LogP contribution in [0.5, 0.6) is 5.75 Å². The zero-order chi connectivity index (χ0) is 15.2.